The van der Waals surface area contributed by atoms with Crippen LogP contribution in [0.4, 0.5) is 0 Å². The first kappa shape index (κ1) is 22.4. The molecule has 2 rings (SSSR count). The van der Waals surface area contributed by atoms with Gasteiger partial charge in [-0.2, -0.15) is 0 Å². The highest BCUT2D eigenvalue weighted by molar-refractivity contribution is 5.27. The van der Waals surface area contributed by atoms with Gasteiger partial charge in [-0.25, -0.2) is 0 Å². The Morgan fingerprint density at radius 3 is 2.39 bits per heavy atom. The maximum Gasteiger partial charge on any atom is 0.119 e. The van der Waals surface area contributed by atoms with Gasteiger partial charge in [-0.05, 0) is 44.2 Å². The normalized spacial score (nSPS) is 12.5. The van der Waals surface area contributed by atoms with Crippen molar-refractivity contribution in [3.63, 3.8) is 0 Å². The molecule has 0 saturated heterocycles. The minimum absolute atomic E-state index is 0.270. The lowest BCUT2D eigenvalue weighted by Crippen LogP contribution is -2.32. The average Bonchev–Trinajstić information content (AvgIpc) is 2.67. The summed E-state index contributed by atoms with van der Waals surface area (Å²) >= 11 is 0. The summed E-state index contributed by atoms with van der Waals surface area (Å²) in [6.07, 6.45) is -0.261. The quantitative estimate of drug-likeness (QED) is 0.518. The summed E-state index contributed by atoms with van der Waals surface area (Å²) in [5.41, 5.74) is 2.43. The van der Waals surface area contributed by atoms with E-state index in [4.69, 9.17) is 9.47 Å². The zero-order valence-corrected chi connectivity index (χ0v) is 17.3. The summed E-state index contributed by atoms with van der Waals surface area (Å²) in [7, 11) is 2.00. The Hall–Kier alpha value is -1.92. The Morgan fingerprint density at radius 1 is 1.00 bits per heavy atom. The van der Waals surface area contributed by atoms with E-state index in [1.54, 1.807) is 0 Å². The molecule has 0 bridgehead atoms. The van der Waals surface area contributed by atoms with E-state index < -0.39 is 6.10 Å². The lowest BCUT2D eigenvalue weighted by Gasteiger charge is -2.21. The van der Waals surface area contributed by atoms with Crippen LogP contribution in [0.25, 0.3) is 0 Å². The van der Waals surface area contributed by atoms with E-state index in [0.717, 1.165) is 32.0 Å². The molecule has 0 aromatic heterocycles. The van der Waals surface area contributed by atoms with Crippen LogP contribution in [-0.4, -0.2) is 55.6 Å². The SMILES string of the molecule is CC(C)OCCNCc1ccc(OCC(O)CN(C)Cc2ccccc2)cc1. The molecule has 0 aliphatic heterocycles. The first-order chi connectivity index (χ1) is 13.5. The second-order valence-corrected chi connectivity index (χ2v) is 7.39. The van der Waals surface area contributed by atoms with Crippen LogP contribution in [0.2, 0.25) is 0 Å². The van der Waals surface area contributed by atoms with Crippen molar-refractivity contribution in [3.8, 4) is 5.75 Å². The summed E-state index contributed by atoms with van der Waals surface area (Å²) in [6.45, 7) is 8.08. The maximum absolute atomic E-state index is 10.2. The van der Waals surface area contributed by atoms with Crippen LogP contribution < -0.4 is 10.1 Å². The van der Waals surface area contributed by atoms with Gasteiger partial charge in [0, 0.05) is 26.2 Å². The summed E-state index contributed by atoms with van der Waals surface area (Å²) in [6, 6.07) is 18.2. The molecule has 0 aliphatic rings. The van der Waals surface area contributed by atoms with E-state index in [0.29, 0.717) is 6.54 Å². The predicted octanol–water partition coefficient (Wildman–Crippen LogP) is 3.07. The van der Waals surface area contributed by atoms with Crippen LogP contribution in [0.15, 0.2) is 54.6 Å². The topological polar surface area (TPSA) is 54.0 Å². The minimum atomic E-state index is -0.531. The third kappa shape index (κ3) is 9.33. The summed E-state index contributed by atoms with van der Waals surface area (Å²) in [5, 5.41) is 13.6. The van der Waals surface area contributed by atoms with Gasteiger partial charge in [-0.15, -0.1) is 0 Å². The Labute approximate surface area is 169 Å². The van der Waals surface area contributed by atoms with Crippen molar-refractivity contribution in [3.05, 3.63) is 65.7 Å². The molecule has 0 spiro atoms. The van der Waals surface area contributed by atoms with Crippen molar-refractivity contribution in [2.75, 3.05) is 33.4 Å². The highest BCUT2D eigenvalue weighted by Gasteiger charge is 2.10. The second kappa shape index (κ2) is 12.5. The molecular formula is C23H34N2O3. The van der Waals surface area contributed by atoms with Gasteiger partial charge < -0.3 is 19.9 Å². The van der Waals surface area contributed by atoms with E-state index in [-0.39, 0.29) is 12.7 Å². The van der Waals surface area contributed by atoms with Crippen molar-refractivity contribution in [1.82, 2.24) is 10.2 Å². The lowest BCUT2D eigenvalue weighted by molar-refractivity contribution is 0.0744. The highest BCUT2D eigenvalue weighted by Crippen LogP contribution is 2.13. The number of nitrogens with one attached hydrogen (secondary N) is 1. The fourth-order valence-electron chi connectivity index (χ4n) is 2.87. The van der Waals surface area contributed by atoms with E-state index in [1.807, 2.05) is 63.4 Å². The molecule has 1 unspecified atom stereocenters. The number of hydrogen-bond acceptors (Lipinski definition) is 5. The van der Waals surface area contributed by atoms with Gasteiger partial charge in [0.05, 0.1) is 12.7 Å². The van der Waals surface area contributed by atoms with Crippen LogP contribution in [0.5, 0.6) is 5.75 Å². The average molecular weight is 387 g/mol. The van der Waals surface area contributed by atoms with Gasteiger partial charge in [0.15, 0.2) is 0 Å². The molecule has 2 N–H and O–H groups in total. The minimum Gasteiger partial charge on any atom is -0.491 e. The number of rotatable bonds is 13. The van der Waals surface area contributed by atoms with Crippen molar-refractivity contribution < 1.29 is 14.6 Å². The zero-order valence-electron chi connectivity index (χ0n) is 17.3. The first-order valence-electron chi connectivity index (χ1n) is 9.97. The van der Waals surface area contributed by atoms with E-state index in [2.05, 4.69) is 22.3 Å². The molecule has 5 nitrogen and oxygen atoms in total. The molecule has 1 atom stereocenters. The number of benzene rings is 2. The van der Waals surface area contributed by atoms with Gasteiger partial charge in [0.2, 0.25) is 0 Å². The molecule has 0 fully saturated rings. The lowest BCUT2D eigenvalue weighted by atomic mass is 10.2. The van der Waals surface area contributed by atoms with Gasteiger partial charge in [-0.3, -0.25) is 4.90 Å². The molecule has 2 aromatic rings. The molecule has 28 heavy (non-hydrogen) atoms. The van der Waals surface area contributed by atoms with Crippen LogP contribution in [0, 0.1) is 0 Å². The van der Waals surface area contributed by atoms with Crippen molar-refractivity contribution in [2.24, 2.45) is 0 Å². The summed E-state index contributed by atoms with van der Waals surface area (Å²) in [4.78, 5) is 2.10. The Kier molecular flexibility index (Phi) is 10.0. The van der Waals surface area contributed by atoms with Crippen molar-refractivity contribution >= 4 is 0 Å². The molecule has 2 aromatic carbocycles. The second-order valence-electron chi connectivity index (χ2n) is 7.39. The van der Waals surface area contributed by atoms with Crippen LogP contribution in [-0.2, 0) is 17.8 Å². The standard InChI is InChI=1S/C23H34N2O3/c1-19(2)27-14-13-24-15-20-9-11-23(12-10-20)28-18-22(26)17-25(3)16-21-7-5-4-6-8-21/h4-12,19,22,24,26H,13-18H2,1-3H3. The van der Waals surface area contributed by atoms with E-state index >= 15 is 0 Å². The van der Waals surface area contributed by atoms with Gasteiger partial charge in [-0.1, -0.05) is 42.5 Å². The van der Waals surface area contributed by atoms with Crippen LogP contribution >= 0.6 is 0 Å². The largest absolute Gasteiger partial charge is 0.491 e. The number of aliphatic hydroxyl groups excluding tert-OH is 1. The number of ether oxygens (including phenoxy) is 2. The van der Waals surface area contributed by atoms with E-state index in [9.17, 15) is 5.11 Å². The number of nitrogens with zero attached hydrogens (tertiary/aromatic N) is 1. The predicted molar refractivity (Wildman–Crippen MR) is 114 cm³/mol. The van der Waals surface area contributed by atoms with Gasteiger partial charge in [0.1, 0.15) is 18.5 Å². The highest BCUT2D eigenvalue weighted by atomic mass is 16.5. The number of likely N-dealkylation sites (N-methyl/N-ethyl adjacent to an activating group) is 1. The number of aliphatic hydroxyl groups is 1. The van der Waals surface area contributed by atoms with Crippen molar-refractivity contribution in [1.29, 1.82) is 0 Å². The summed E-state index contributed by atoms with van der Waals surface area (Å²) in [5.74, 6) is 0.775. The monoisotopic (exact) mass is 386 g/mol. The molecule has 0 amide bonds. The zero-order chi connectivity index (χ0) is 20.2. The smallest absolute Gasteiger partial charge is 0.119 e. The third-order valence-electron chi connectivity index (χ3n) is 4.24. The Balaban J connectivity index is 1.63. The molecule has 154 valence electrons. The Morgan fingerprint density at radius 2 is 1.71 bits per heavy atom. The third-order valence-corrected chi connectivity index (χ3v) is 4.24. The van der Waals surface area contributed by atoms with Gasteiger partial charge in [0.25, 0.3) is 0 Å². The molecule has 0 heterocycles. The molecular weight excluding hydrogens is 352 g/mol. The molecule has 0 saturated carbocycles. The fourth-order valence-corrected chi connectivity index (χ4v) is 2.87. The fraction of sp³-hybridized carbons (Fsp3) is 0.478. The van der Waals surface area contributed by atoms with Crippen LogP contribution in [0.3, 0.4) is 0 Å². The Bertz CT molecular complexity index is 647. The van der Waals surface area contributed by atoms with E-state index in [1.165, 1.54) is 11.1 Å². The molecule has 5 heteroatoms. The maximum atomic E-state index is 10.2. The van der Waals surface area contributed by atoms with Crippen LogP contribution in [0.1, 0.15) is 25.0 Å². The van der Waals surface area contributed by atoms with Crippen molar-refractivity contribution in [2.45, 2.75) is 39.1 Å². The molecule has 0 radical (unpaired) electrons. The first-order valence-corrected chi connectivity index (χ1v) is 9.97. The molecule has 0 aliphatic carbocycles. The summed E-state index contributed by atoms with van der Waals surface area (Å²) < 4.78 is 11.2. The number of hydrogen-bond donors (Lipinski definition) is 2. The van der Waals surface area contributed by atoms with Gasteiger partial charge >= 0.3 is 0 Å².